The lowest BCUT2D eigenvalue weighted by Gasteiger charge is -2.09. The summed E-state index contributed by atoms with van der Waals surface area (Å²) >= 11 is 0. The molecule has 5 heteroatoms. The molecule has 1 aliphatic heterocycles. The second-order valence-electron chi connectivity index (χ2n) is 4.79. The molecular formula is C12H17N5. The topological polar surface area (TPSA) is 55.1 Å². The molecule has 3 rings (SSSR count). The SMILES string of the molecule is Cc1cc(C)n2c(CC3CCCN3)nnc2n1. The van der Waals surface area contributed by atoms with Gasteiger partial charge in [0.1, 0.15) is 5.82 Å². The average Bonchev–Trinajstić information content (AvgIpc) is 2.88. The Morgan fingerprint density at radius 3 is 3.06 bits per heavy atom. The van der Waals surface area contributed by atoms with Crippen molar-refractivity contribution in [2.75, 3.05) is 6.54 Å². The molecule has 3 heterocycles. The van der Waals surface area contributed by atoms with Gasteiger partial charge in [-0.25, -0.2) is 4.98 Å². The van der Waals surface area contributed by atoms with Gasteiger partial charge >= 0.3 is 0 Å². The van der Waals surface area contributed by atoms with Crippen LogP contribution in [0.1, 0.15) is 30.1 Å². The molecule has 1 saturated heterocycles. The molecule has 0 radical (unpaired) electrons. The normalized spacial score (nSPS) is 20.2. The van der Waals surface area contributed by atoms with Crippen LogP contribution < -0.4 is 5.32 Å². The second-order valence-corrected chi connectivity index (χ2v) is 4.79. The molecule has 0 saturated carbocycles. The molecular weight excluding hydrogens is 214 g/mol. The molecule has 1 fully saturated rings. The van der Waals surface area contributed by atoms with Crippen molar-refractivity contribution >= 4 is 5.78 Å². The Morgan fingerprint density at radius 2 is 2.29 bits per heavy atom. The molecule has 1 N–H and O–H groups in total. The predicted octanol–water partition coefficient (Wildman–Crippen LogP) is 1.04. The summed E-state index contributed by atoms with van der Waals surface area (Å²) in [6, 6.07) is 2.62. The largest absolute Gasteiger partial charge is 0.314 e. The van der Waals surface area contributed by atoms with Crippen molar-refractivity contribution in [2.45, 2.75) is 39.2 Å². The van der Waals surface area contributed by atoms with E-state index in [1.807, 2.05) is 6.92 Å². The lowest BCUT2D eigenvalue weighted by molar-refractivity contribution is 0.581. The Kier molecular flexibility index (Phi) is 2.55. The minimum atomic E-state index is 0.545. The van der Waals surface area contributed by atoms with Gasteiger partial charge < -0.3 is 5.32 Å². The van der Waals surface area contributed by atoms with E-state index in [0.29, 0.717) is 6.04 Å². The standard InChI is InChI=1S/C12H17N5/c1-8-6-9(2)17-11(15-16-12(17)14-8)7-10-4-3-5-13-10/h6,10,13H,3-5,7H2,1-2H3. The lowest BCUT2D eigenvalue weighted by atomic mass is 10.1. The molecule has 2 aromatic rings. The van der Waals surface area contributed by atoms with E-state index in [-0.39, 0.29) is 0 Å². The van der Waals surface area contributed by atoms with Gasteiger partial charge in [-0.2, -0.15) is 0 Å². The molecule has 1 aliphatic rings. The zero-order valence-corrected chi connectivity index (χ0v) is 10.3. The van der Waals surface area contributed by atoms with Gasteiger partial charge in [0.25, 0.3) is 5.78 Å². The fourth-order valence-electron chi connectivity index (χ4n) is 2.58. The Balaban J connectivity index is 1.99. The van der Waals surface area contributed by atoms with Crippen molar-refractivity contribution in [3.63, 3.8) is 0 Å². The number of fused-ring (bicyclic) bond motifs is 1. The van der Waals surface area contributed by atoms with Crippen molar-refractivity contribution in [3.8, 4) is 0 Å². The molecule has 1 unspecified atom stereocenters. The average molecular weight is 231 g/mol. The Morgan fingerprint density at radius 1 is 1.41 bits per heavy atom. The number of nitrogens with zero attached hydrogens (tertiary/aromatic N) is 4. The summed E-state index contributed by atoms with van der Waals surface area (Å²) in [5, 5.41) is 11.9. The summed E-state index contributed by atoms with van der Waals surface area (Å²) in [6.45, 7) is 5.19. The summed E-state index contributed by atoms with van der Waals surface area (Å²) in [5.41, 5.74) is 2.15. The van der Waals surface area contributed by atoms with E-state index in [9.17, 15) is 0 Å². The fourth-order valence-corrected chi connectivity index (χ4v) is 2.58. The molecule has 90 valence electrons. The van der Waals surface area contributed by atoms with Gasteiger partial charge in [0.15, 0.2) is 0 Å². The van der Waals surface area contributed by atoms with Crippen LogP contribution >= 0.6 is 0 Å². The highest BCUT2D eigenvalue weighted by Crippen LogP contribution is 2.13. The molecule has 17 heavy (non-hydrogen) atoms. The number of hydrogen-bond donors (Lipinski definition) is 1. The molecule has 2 aromatic heterocycles. The first-order chi connectivity index (χ1) is 8.24. The van der Waals surface area contributed by atoms with E-state index < -0.39 is 0 Å². The summed E-state index contributed by atoms with van der Waals surface area (Å²) in [6.07, 6.45) is 3.43. The van der Waals surface area contributed by atoms with Gasteiger partial charge in [0.2, 0.25) is 0 Å². The third-order valence-corrected chi connectivity index (χ3v) is 3.35. The van der Waals surface area contributed by atoms with Crippen LogP contribution in [0.15, 0.2) is 6.07 Å². The van der Waals surface area contributed by atoms with Gasteiger partial charge in [-0.15, -0.1) is 10.2 Å². The van der Waals surface area contributed by atoms with Crippen molar-refractivity contribution in [3.05, 3.63) is 23.3 Å². The zero-order chi connectivity index (χ0) is 11.8. The van der Waals surface area contributed by atoms with Crippen LogP contribution in [-0.4, -0.2) is 32.2 Å². The number of hydrogen-bond acceptors (Lipinski definition) is 4. The van der Waals surface area contributed by atoms with Gasteiger partial charge in [0.05, 0.1) is 0 Å². The van der Waals surface area contributed by atoms with Crippen LogP contribution in [0, 0.1) is 13.8 Å². The van der Waals surface area contributed by atoms with Crippen LogP contribution in [0.5, 0.6) is 0 Å². The van der Waals surface area contributed by atoms with Gasteiger partial charge in [0, 0.05) is 23.9 Å². The van der Waals surface area contributed by atoms with Crippen LogP contribution in [-0.2, 0) is 6.42 Å². The van der Waals surface area contributed by atoms with E-state index in [4.69, 9.17) is 0 Å². The lowest BCUT2D eigenvalue weighted by Crippen LogP contribution is -2.24. The highest BCUT2D eigenvalue weighted by molar-refractivity contribution is 5.32. The summed E-state index contributed by atoms with van der Waals surface area (Å²) in [5.74, 6) is 1.74. The fraction of sp³-hybridized carbons (Fsp3) is 0.583. The maximum Gasteiger partial charge on any atom is 0.255 e. The second kappa shape index (κ2) is 4.07. The summed E-state index contributed by atoms with van der Waals surface area (Å²) in [7, 11) is 0. The minimum absolute atomic E-state index is 0.545. The molecule has 0 spiro atoms. The third-order valence-electron chi connectivity index (χ3n) is 3.35. The van der Waals surface area contributed by atoms with E-state index in [2.05, 4.69) is 37.9 Å². The summed E-state index contributed by atoms with van der Waals surface area (Å²) < 4.78 is 2.06. The maximum absolute atomic E-state index is 4.40. The molecule has 0 amide bonds. The zero-order valence-electron chi connectivity index (χ0n) is 10.3. The van der Waals surface area contributed by atoms with Crippen molar-refractivity contribution in [2.24, 2.45) is 0 Å². The number of aromatic nitrogens is 4. The number of aryl methyl sites for hydroxylation is 2. The van der Waals surface area contributed by atoms with E-state index in [1.54, 1.807) is 0 Å². The smallest absolute Gasteiger partial charge is 0.255 e. The van der Waals surface area contributed by atoms with Gasteiger partial charge in [-0.05, 0) is 39.3 Å². The highest BCUT2D eigenvalue weighted by Gasteiger charge is 2.18. The Bertz CT molecular complexity index is 539. The van der Waals surface area contributed by atoms with Crippen molar-refractivity contribution < 1.29 is 0 Å². The molecule has 0 aliphatic carbocycles. The minimum Gasteiger partial charge on any atom is -0.314 e. The van der Waals surface area contributed by atoms with E-state index >= 15 is 0 Å². The highest BCUT2D eigenvalue weighted by atomic mass is 15.3. The molecule has 0 aromatic carbocycles. The quantitative estimate of drug-likeness (QED) is 0.839. The first-order valence-corrected chi connectivity index (χ1v) is 6.15. The van der Waals surface area contributed by atoms with E-state index in [1.165, 1.54) is 12.8 Å². The van der Waals surface area contributed by atoms with Crippen LogP contribution in [0.2, 0.25) is 0 Å². The first kappa shape index (κ1) is 10.7. The first-order valence-electron chi connectivity index (χ1n) is 6.15. The van der Waals surface area contributed by atoms with Crippen LogP contribution in [0.3, 0.4) is 0 Å². The van der Waals surface area contributed by atoms with Crippen molar-refractivity contribution in [1.82, 2.24) is 24.9 Å². The van der Waals surface area contributed by atoms with E-state index in [0.717, 1.165) is 36.0 Å². The third kappa shape index (κ3) is 1.91. The molecule has 1 atom stereocenters. The van der Waals surface area contributed by atoms with Gasteiger partial charge in [-0.3, -0.25) is 4.40 Å². The monoisotopic (exact) mass is 231 g/mol. The van der Waals surface area contributed by atoms with Crippen LogP contribution in [0.4, 0.5) is 0 Å². The molecule has 5 nitrogen and oxygen atoms in total. The number of nitrogens with one attached hydrogen (secondary N) is 1. The Hall–Kier alpha value is -1.49. The van der Waals surface area contributed by atoms with Gasteiger partial charge in [-0.1, -0.05) is 0 Å². The maximum atomic E-state index is 4.40. The van der Waals surface area contributed by atoms with Crippen molar-refractivity contribution in [1.29, 1.82) is 0 Å². The Labute approximate surface area is 100 Å². The predicted molar refractivity (Wildman–Crippen MR) is 65.0 cm³/mol. The summed E-state index contributed by atoms with van der Waals surface area (Å²) in [4.78, 5) is 4.40. The molecule has 0 bridgehead atoms. The van der Waals surface area contributed by atoms with Crippen LogP contribution in [0.25, 0.3) is 5.78 Å². The number of rotatable bonds is 2.